The number of aromatic nitrogens is 3. The molecule has 1 aliphatic carbocycles. The number of fused-ring (bicyclic) bond motifs is 1. The van der Waals surface area contributed by atoms with Gasteiger partial charge in [0.2, 0.25) is 5.28 Å². The summed E-state index contributed by atoms with van der Waals surface area (Å²) < 4.78 is 26.6. The molecule has 1 aliphatic rings. The van der Waals surface area contributed by atoms with E-state index in [1.54, 1.807) is 0 Å². The average molecular weight is 291 g/mol. The van der Waals surface area contributed by atoms with Crippen molar-refractivity contribution in [2.24, 2.45) is 0 Å². The molecule has 8 heteroatoms. The maximum absolute atomic E-state index is 13.7. The summed E-state index contributed by atoms with van der Waals surface area (Å²) in [5.74, 6) is -0.507. The predicted octanol–water partition coefficient (Wildman–Crippen LogP) is 2.99. The Morgan fingerprint density at radius 3 is 2.72 bits per heavy atom. The molecule has 0 aromatic carbocycles. The fourth-order valence-corrected chi connectivity index (χ4v) is 1.91. The molecule has 3 rings (SSSR count). The number of halogens is 4. The molecule has 0 amide bonds. The molecular formula is C10H6Cl2F2N4. The normalized spacial score (nSPS) is 22.2. The largest absolute Gasteiger partial charge is 0.364 e. The maximum atomic E-state index is 13.7. The summed E-state index contributed by atoms with van der Waals surface area (Å²) in [6, 6.07) is -0.321. The van der Waals surface area contributed by atoms with Gasteiger partial charge in [0, 0.05) is 12.6 Å². The molecule has 0 unspecified atom stereocenters. The third kappa shape index (κ3) is 1.95. The fourth-order valence-electron chi connectivity index (χ4n) is 1.61. The van der Waals surface area contributed by atoms with Crippen molar-refractivity contribution in [1.82, 2.24) is 15.0 Å². The number of rotatable bonds is 2. The molecule has 2 aromatic rings. The van der Waals surface area contributed by atoms with E-state index in [0.29, 0.717) is 11.8 Å². The first kappa shape index (κ1) is 11.8. The second-order valence-electron chi connectivity index (χ2n) is 3.97. The van der Waals surface area contributed by atoms with Gasteiger partial charge in [0.1, 0.15) is 17.5 Å². The summed E-state index contributed by atoms with van der Waals surface area (Å²) >= 11 is 11.3. The Morgan fingerprint density at radius 1 is 1.33 bits per heavy atom. The van der Waals surface area contributed by atoms with Crippen LogP contribution in [0.5, 0.6) is 0 Å². The van der Waals surface area contributed by atoms with E-state index in [4.69, 9.17) is 23.2 Å². The van der Waals surface area contributed by atoms with Crippen LogP contribution in [0.2, 0.25) is 10.4 Å². The van der Waals surface area contributed by atoms with Crippen LogP contribution in [0.25, 0.3) is 10.9 Å². The van der Waals surface area contributed by atoms with Gasteiger partial charge in [-0.2, -0.15) is 0 Å². The average Bonchev–Trinajstić information content (AvgIpc) is 3.00. The molecule has 1 fully saturated rings. The molecule has 0 radical (unpaired) electrons. The maximum Gasteiger partial charge on any atom is 0.225 e. The summed E-state index contributed by atoms with van der Waals surface area (Å²) in [5.41, 5.74) is -0.0337. The third-order valence-corrected chi connectivity index (χ3v) is 3.08. The Hall–Kier alpha value is -1.27. The zero-order valence-electron chi connectivity index (χ0n) is 8.79. The van der Waals surface area contributed by atoms with Gasteiger partial charge < -0.3 is 5.32 Å². The van der Waals surface area contributed by atoms with Crippen LogP contribution in [0.3, 0.4) is 0 Å². The number of anilines is 1. The van der Waals surface area contributed by atoms with E-state index >= 15 is 0 Å². The molecule has 0 saturated heterocycles. The molecule has 2 atom stereocenters. The number of hydrogen-bond donors (Lipinski definition) is 1. The van der Waals surface area contributed by atoms with E-state index in [1.165, 1.54) is 6.20 Å². The van der Waals surface area contributed by atoms with Crippen LogP contribution in [-0.2, 0) is 0 Å². The summed E-state index contributed by atoms with van der Waals surface area (Å²) in [7, 11) is 0. The molecule has 0 aliphatic heterocycles. The smallest absolute Gasteiger partial charge is 0.225 e. The molecule has 18 heavy (non-hydrogen) atoms. The van der Waals surface area contributed by atoms with Gasteiger partial charge >= 0.3 is 0 Å². The van der Waals surface area contributed by atoms with Crippen molar-refractivity contribution < 1.29 is 8.78 Å². The van der Waals surface area contributed by atoms with Crippen molar-refractivity contribution in [2.45, 2.75) is 18.6 Å². The number of nitrogens with zero attached hydrogens (tertiary/aromatic N) is 3. The molecule has 0 spiro atoms. The van der Waals surface area contributed by atoms with Crippen molar-refractivity contribution in [3.05, 3.63) is 22.5 Å². The topological polar surface area (TPSA) is 50.7 Å². The lowest BCUT2D eigenvalue weighted by Crippen LogP contribution is -2.08. The molecule has 2 aromatic heterocycles. The first-order chi connectivity index (χ1) is 8.56. The van der Waals surface area contributed by atoms with E-state index < -0.39 is 12.0 Å². The standard InChI is InChI=1S/C10H6Cl2F2N4/c11-8-6(14)7-3(2-15-8)9(18-10(12)17-7)16-5-1-4(5)13/h2,4-5H,1H2,(H,16,17,18)/t4-,5-/m0/s1. The van der Waals surface area contributed by atoms with Crippen LogP contribution in [0.15, 0.2) is 6.20 Å². The van der Waals surface area contributed by atoms with Gasteiger partial charge in [0.15, 0.2) is 11.0 Å². The number of nitrogens with one attached hydrogen (secondary N) is 1. The van der Waals surface area contributed by atoms with Gasteiger partial charge in [0.05, 0.1) is 11.4 Å². The highest BCUT2D eigenvalue weighted by molar-refractivity contribution is 6.30. The Bertz CT molecular complexity index is 637. The highest BCUT2D eigenvalue weighted by Gasteiger charge is 2.38. The number of hydrogen-bond acceptors (Lipinski definition) is 4. The minimum absolute atomic E-state index is 0.0337. The minimum Gasteiger partial charge on any atom is -0.364 e. The predicted molar refractivity (Wildman–Crippen MR) is 64.2 cm³/mol. The van der Waals surface area contributed by atoms with Crippen LogP contribution in [-0.4, -0.2) is 27.2 Å². The molecule has 4 nitrogen and oxygen atoms in total. The van der Waals surface area contributed by atoms with Gasteiger partial charge in [-0.15, -0.1) is 0 Å². The Balaban J connectivity index is 2.15. The summed E-state index contributed by atoms with van der Waals surface area (Å²) in [6.07, 6.45) is 0.806. The first-order valence-electron chi connectivity index (χ1n) is 5.14. The van der Waals surface area contributed by atoms with Gasteiger partial charge in [-0.25, -0.2) is 23.7 Å². The lowest BCUT2D eigenvalue weighted by atomic mass is 10.3. The van der Waals surface area contributed by atoms with Gasteiger partial charge in [-0.3, -0.25) is 0 Å². The van der Waals surface area contributed by atoms with E-state index in [-0.39, 0.29) is 27.8 Å². The van der Waals surface area contributed by atoms with Gasteiger partial charge in [-0.1, -0.05) is 11.6 Å². The molecule has 0 bridgehead atoms. The number of alkyl halides is 1. The highest BCUT2D eigenvalue weighted by Crippen LogP contribution is 2.32. The van der Waals surface area contributed by atoms with E-state index in [0.717, 1.165) is 0 Å². The molecule has 94 valence electrons. The Kier molecular flexibility index (Phi) is 2.71. The van der Waals surface area contributed by atoms with Gasteiger partial charge in [-0.05, 0) is 11.6 Å². The van der Waals surface area contributed by atoms with E-state index in [1.807, 2.05) is 0 Å². The summed E-state index contributed by atoms with van der Waals surface area (Å²) in [5, 5.41) is 2.73. The highest BCUT2D eigenvalue weighted by atomic mass is 35.5. The third-order valence-electron chi connectivity index (χ3n) is 2.65. The second kappa shape index (κ2) is 4.13. The van der Waals surface area contributed by atoms with Crippen LogP contribution in [0.1, 0.15) is 6.42 Å². The fraction of sp³-hybridized carbons (Fsp3) is 0.300. The lowest BCUT2D eigenvalue weighted by Gasteiger charge is -2.08. The zero-order valence-corrected chi connectivity index (χ0v) is 10.3. The molecular weight excluding hydrogens is 285 g/mol. The van der Waals surface area contributed by atoms with Crippen molar-refractivity contribution >= 4 is 39.9 Å². The van der Waals surface area contributed by atoms with Crippen molar-refractivity contribution in [1.29, 1.82) is 0 Å². The van der Waals surface area contributed by atoms with E-state index in [2.05, 4.69) is 20.3 Å². The minimum atomic E-state index is -0.918. The molecule has 1 saturated carbocycles. The van der Waals surface area contributed by atoms with Gasteiger partial charge in [0.25, 0.3) is 0 Å². The van der Waals surface area contributed by atoms with Crippen LogP contribution >= 0.6 is 23.2 Å². The quantitative estimate of drug-likeness (QED) is 0.682. The zero-order chi connectivity index (χ0) is 12.9. The van der Waals surface area contributed by atoms with Crippen molar-refractivity contribution in [3.63, 3.8) is 0 Å². The van der Waals surface area contributed by atoms with Crippen LogP contribution in [0, 0.1) is 5.82 Å². The monoisotopic (exact) mass is 290 g/mol. The van der Waals surface area contributed by atoms with E-state index in [9.17, 15) is 8.78 Å². The summed E-state index contributed by atoms with van der Waals surface area (Å²) in [4.78, 5) is 11.4. The van der Waals surface area contributed by atoms with Crippen molar-refractivity contribution in [3.8, 4) is 0 Å². The Morgan fingerprint density at radius 2 is 2.06 bits per heavy atom. The number of pyridine rings is 1. The summed E-state index contributed by atoms with van der Waals surface area (Å²) in [6.45, 7) is 0. The van der Waals surface area contributed by atoms with Crippen molar-refractivity contribution in [2.75, 3.05) is 5.32 Å². The SMILES string of the molecule is Fc1c(Cl)ncc2c(N[C@H]3C[C@@H]3F)nc(Cl)nc12. The molecule has 2 heterocycles. The molecule has 1 N–H and O–H groups in total. The second-order valence-corrected chi connectivity index (χ2v) is 4.67. The lowest BCUT2D eigenvalue weighted by molar-refractivity contribution is 0.472. The van der Waals surface area contributed by atoms with Crippen LogP contribution < -0.4 is 5.32 Å². The van der Waals surface area contributed by atoms with Crippen LogP contribution in [0.4, 0.5) is 14.6 Å². The first-order valence-corrected chi connectivity index (χ1v) is 5.89. The Labute approximate surface area is 110 Å².